The maximum atomic E-state index is 12.4. The third kappa shape index (κ3) is 4.23. The molecule has 1 atom stereocenters. The van der Waals surface area contributed by atoms with Crippen LogP contribution in [0.15, 0.2) is 17.5 Å². The number of hydrogen-bond donors (Lipinski definition) is 2. The van der Waals surface area contributed by atoms with Gasteiger partial charge in [-0.1, -0.05) is 11.6 Å². The number of carboxylic acid groups (broad SMARTS) is 1. The van der Waals surface area contributed by atoms with Crippen molar-refractivity contribution in [2.75, 3.05) is 6.67 Å². The summed E-state index contributed by atoms with van der Waals surface area (Å²) >= 11 is 8.58. The molecule has 2 aromatic heterocycles. The summed E-state index contributed by atoms with van der Waals surface area (Å²) in [6, 6.07) is 2.07. The van der Waals surface area contributed by atoms with Crippen LogP contribution in [0.5, 0.6) is 0 Å². The highest BCUT2D eigenvalue weighted by Crippen LogP contribution is 2.32. The molecule has 0 radical (unpaired) electrons. The lowest BCUT2D eigenvalue weighted by Crippen LogP contribution is -2.43. The van der Waals surface area contributed by atoms with Crippen molar-refractivity contribution >= 4 is 46.2 Å². The smallest absolute Gasteiger partial charge is 0.328 e. The molecule has 0 aliphatic rings. The quantitative estimate of drug-likeness (QED) is 0.841. The summed E-state index contributed by atoms with van der Waals surface area (Å²) in [6.07, 6.45) is -0.0978. The van der Waals surface area contributed by atoms with Crippen molar-refractivity contribution in [2.24, 2.45) is 0 Å². The monoisotopic (exact) mass is 348 g/mol. The molecule has 1 unspecified atom stereocenters. The molecule has 0 aliphatic heterocycles. The van der Waals surface area contributed by atoms with Crippen molar-refractivity contribution in [3.63, 3.8) is 0 Å². The number of thiazole rings is 1. The van der Waals surface area contributed by atoms with Gasteiger partial charge in [0.05, 0.1) is 21.3 Å². The molecule has 0 spiro atoms. The summed E-state index contributed by atoms with van der Waals surface area (Å²) in [5, 5.41) is 13.2. The van der Waals surface area contributed by atoms with E-state index in [0.29, 0.717) is 10.0 Å². The van der Waals surface area contributed by atoms with Crippen LogP contribution in [0.4, 0.5) is 4.39 Å². The van der Waals surface area contributed by atoms with Crippen LogP contribution in [-0.4, -0.2) is 34.7 Å². The van der Waals surface area contributed by atoms with Crippen LogP contribution in [0.2, 0.25) is 4.34 Å². The van der Waals surface area contributed by atoms with E-state index >= 15 is 0 Å². The number of carboxylic acids is 1. The molecule has 0 saturated carbocycles. The number of nitrogens with zero attached hydrogens (tertiary/aromatic N) is 1. The SMILES string of the molecule is O=C(Cc1csc(-c2ccc(Cl)s2)n1)NC(CF)C(=O)O. The van der Waals surface area contributed by atoms with E-state index < -0.39 is 24.6 Å². The molecular weight excluding hydrogens is 339 g/mol. The van der Waals surface area contributed by atoms with Crippen molar-refractivity contribution in [2.45, 2.75) is 12.5 Å². The molecule has 0 bridgehead atoms. The Hall–Kier alpha value is -1.51. The minimum absolute atomic E-state index is 0.0978. The number of alkyl halides is 1. The second-order valence-electron chi connectivity index (χ2n) is 4.04. The Labute approximate surface area is 132 Å². The Balaban J connectivity index is 1.99. The molecule has 0 aliphatic carbocycles. The maximum absolute atomic E-state index is 12.4. The minimum Gasteiger partial charge on any atom is -0.480 e. The molecule has 2 N–H and O–H groups in total. The molecule has 0 aromatic carbocycles. The van der Waals surface area contributed by atoms with Crippen LogP contribution in [0.1, 0.15) is 5.69 Å². The van der Waals surface area contributed by atoms with Gasteiger partial charge in [-0.3, -0.25) is 4.79 Å². The molecule has 112 valence electrons. The molecule has 5 nitrogen and oxygen atoms in total. The van der Waals surface area contributed by atoms with E-state index in [1.165, 1.54) is 22.7 Å². The van der Waals surface area contributed by atoms with Crippen LogP contribution in [0.3, 0.4) is 0 Å². The van der Waals surface area contributed by atoms with Gasteiger partial charge in [0.25, 0.3) is 0 Å². The van der Waals surface area contributed by atoms with Crippen LogP contribution >= 0.6 is 34.3 Å². The van der Waals surface area contributed by atoms with Gasteiger partial charge in [-0.25, -0.2) is 14.2 Å². The van der Waals surface area contributed by atoms with Gasteiger partial charge in [0.2, 0.25) is 5.91 Å². The zero-order valence-corrected chi connectivity index (χ0v) is 12.9. The predicted octanol–water partition coefficient (Wildman–Crippen LogP) is 2.61. The molecule has 2 aromatic rings. The normalized spacial score (nSPS) is 12.1. The highest BCUT2D eigenvalue weighted by Gasteiger charge is 2.20. The number of amides is 1. The summed E-state index contributed by atoms with van der Waals surface area (Å²) in [5.41, 5.74) is 0.500. The predicted molar refractivity (Wildman–Crippen MR) is 79.7 cm³/mol. The number of aliphatic carboxylic acids is 1. The van der Waals surface area contributed by atoms with E-state index in [4.69, 9.17) is 16.7 Å². The highest BCUT2D eigenvalue weighted by molar-refractivity contribution is 7.23. The van der Waals surface area contributed by atoms with Gasteiger partial charge in [-0.05, 0) is 12.1 Å². The number of nitrogens with one attached hydrogen (secondary N) is 1. The van der Waals surface area contributed by atoms with Crippen LogP contribution < -0.4 is 5.32 Å². The van der Waals surface area contributed by atoms with E-state index in [-0.39, 0.29) is 6.42 Å². The Kier molecular flexibility index (Phi) is 5.27. The fourth-order valence-corrected chi connectivity index (χ4v) is 3.44. The second kappa shape index (κ2) is 6.97. The fraction of sp³-hybridized carbons (Fsp3) is 0.250. The summed E-state index contributed by atoms with van der Waals surface area (Å²) in [6.45, 7) is -1.16. The number of hydrogen-bond acceptors (Lipinski definition) is 5. The van der Waals surface area contributed by atoms with Crippen molar-refractivity contribution in [1.82, 2.24) is 10.3 Å². The lowest BCUT2D eigenvalue weighted by Gasteiger charge is -2.09. The molecule has 2 heterocycles. The number of carbonyl (C=O) groups excluding carboxylic acids is 1. The zero-order chi connectivity index (χ0) is 15.4. The van der Waals surface area contributed by atoms with Gasteiger partial charge < -0.3 is 10.4 Å². The lowest BCUT2D eigenvalue weighted by atomic mass is 10.2. The minimum atomic E-state index is -1.52. The topological polar surface area (TPSA) is 79.3 Å². The van der Waals surface area contributed by atoms with E-state index in [0.717, 1.165) is 9.88 Å². The number of thiophene rings is 1. The van der Waals surface area contributed by atoms with Crippen molar-refractivity contribution in [1.29, 1.82) is 0 Å². The Morgan fingerprint density at radius 2 is 2.24 bits per heavy atom. The summed E-state index contributed by atoms with van der Waals surface area (Å²) < 4.78 is 13.1. The first-order valence-electron chi connectivity index (χ1n) is 5.78. The van der Waals surface area contributed by atoms with E-state index in [1.807, 2.05) is 6.07 Å². The largest absolute Gasteiger partial charge is 0.480 e. The average molecular weight is 349 g/mol. The zero-order valence-electron chi connectivity index (χ0n) is 10.5. The Morgan fingerprint density at radius 1 is 1.48 bits per heavy atom. The highest BCUT2D eigenvalue weighted by atomic mass is 35.5. The summed E-state index contributed by atoms with van der Waals surface area (Å²) in [5.74, 6) is -1.99. The molecule has 9 heteroatoms. The Bertz CT molecular complexity index is 658. The summed E-state index contributed by atoms with van der Waals surface area (Å²) in [7, 11) is 0. The van der Waals surface area contributed by atoms with Crippen molar-refractivity contribution in [3.8, 4) is 9.88 Å². The molecular formula is C12H10ClFN2O3S2. The van der Waals surface area contributed by atoms with Crippen molar-refractivity contribution < 1.29 is 19.1 Å². The number of carbonyl (C=O) groups is 2. The number of rotatable bonds is 6. The molecule has 0 saturated heterocycles. The summed E-state index contributed by atoms with van der Waals surface area (Å²) in [4.78, 5) is 27.4. The molecule has 2 rings (SSSR count). The van der Waals surface area contributed by atoms with Crippen LogP contribution in [0, 0.1) is 0 Å². The molecule has 1 amide bonds. The van der Waals surface area contributed by atoms with Crippen LogP contribution in [-0.2, 0) is 16.0 Å². The molecule has 0 fully saturated rings. The maximum Gasteiger partial charge on any atom is 0.328 e. The third-order valence-electron chi connectivity index (χ3n) is 2.47. The van der Waals surface area contributed by atoms with Gasteiger partial charge in [-0.2, -0.15) is 0 Å². The van der Waals surface area contributed by atoms with E-state index in [9.17, 15) is 14.0 Å². The fourth-order valence-electron chi connectivity index (χ4n) is 1.51. The molecule has 21 heavy (non-hydrogen) atoms. The van der Waals surface area contributed by atoms with Gasteiger partial charge in [0, 0.05) is 5.38 Å². The Morgan fingerprint density at radius 3 is 2.81 bits per heavy atom. The first-order valence-corrected chi connectivity index (χ1v) is 7.85. The van der Waals surface area contributed by atoms with E-state index in [2.05, 4.69) is 10.3 Å². The number of halogens is 2. The standard InChI is InChI=1S/C12H10ClFN2O3S2/c13-9-2-1-8(21-9)11-15-6(5-20-11)3-10(17)16-7(4-14)12(18)19/h1-2,5,7H,3-4H2,(H,16,17)(H,18,19). The average Bonchev–Trinajstić information content (AvgIpc) is 3.04. The second-order valence-corrected chi connectivity index (χ2v) is 6.61. The van der Waals surface area contributed by atoms with Gasteiger partial charge >= 0.3 is 5.97 Å². The number of aromatic nitrogens is 1. The third-order valence-corrected chi connectivity index (χ3v) is 4.76. The first kappa shape index (κ1) is 15.9. The van der Waals surface area contributed by atoms with Gasteiger partial charge in [0.1, 0.15) is 11.7 Å². The first-order chi connectivity index (χ1) is 9.99. The van der Waals surface area contributed by atoms with E-state index in [1.54, 1.807) is 11.4 Å². The van der Waals surface area contributed by atoms with Crippen LogP contribution in [0.25, 0.3) is 9.88 Å². The van der Waals surface area contributed by atoms with Crippen molar-refractivity contribution in [3.05, 3.63) is 27.5 Å². The van der Waals surface area contributed by atoms with Gasteiger partial charge in [0.15, 0.2) is 6.04 Å². The van der Waals surface area contributed by atoms with Gasteiger partial charge in [-0.15, -0.1) is 22.7 Å². The lowest BCUT2D eigenvalue weighted by molar-refractivity contribution is -0.142.